The minimum atomic E-state index is -4.50. The topological polar surface area (TPSA) is 73.4 Å². The summed E-state index contributed by atoms with van der Waals surface area (Å²) in [5.74, 6) is 0.440. The molecule has 3 aliphatic heterocycles. The molecule has 8 nitrogen and oxygen atoms in total. The molecule has 3 aromatic carbocycles. The van der Waals surface area contributed by atoms with Crippen molar-refractivity contribution in [2.24, 2.45) is 5.92 Å². The van der Waals surface area contributed by atoms with Gasteiger partial charge in [0.2, 0.25) is 0 Å². The lowest BCUT2D eigenvalue weighted by atomic mass is 9.88. The summed E-state index contributed by atoms with van der Waals surface area (Å²) < 4.78 is 45.8. The van der Waals surface area contributed by atoms with Gasteiger partial charge in [0.15, 0.2) is 0 Å². The monoisotopic (exact) mass is 678 g/mol. The molecule has 3 fully saturated rings. The van der Waals surface area contributed by atoms with E-state index in [-0.39, 0.29) is 29.1 Å². The maximum absolute atomic E-state index is 13.6. The van der Waals surface area contributed by atoms with Crippen LogP contribution in [-0.2, 0) is 15.7 Å². The number of carbonyl (C=O) groups excluding carboxylic acids is 3. The van der Waals surface area contributed by atoms with Crippen molar-refractivity contribution in [2.75, 3.05) is 72.1 Å². The van der Waals surface area contributed by atoms with Gasteiger partial charge in [0.05, 0.1) is 18.7 Å². The highest BCUT2D eigenvalue weighted by atomic mass is 19.4. The van der Waals surface area contributed by atoms with Crippen LogP contribution in [0.15, 0.2) is 60.7 Å². The Morgan fingerprint density at radius 1 is 0.714 bits per heavy atom. The van der Waals surface area contributed by atoms with Gasteiger partial charge in [0, 0.05) is 70.0 Å². The van der Waals surface area contributed by atoms with Crippen LogP contribution in [0.5, 0.6) is 0 Å². The number of hydrogen-bond acceptors (Lipinski definition) is 6. The number of benzene rings is 3. The average molecular weight is 679 g/mol. The minimum Gasteiger partial charge on any atom is -0.465 e. The number of esters is 1. The number of rotatable bonds is 8. The molecule has 0 atom stereocenters. The second-order valence-corrected chi connectivity index (χ2v) is 13.5. The van der Waals surface area contributed by atoms with Crippen LogP contribution in [0.2, 0.25) is 0 Å². The molecule has 0 spiro atoms. The van der Waals surface area contributed by atoms with Gasteiger partial charge in [-0.2, -0.15) is 13.2 Å². The second-order valence-electron chi connectivity index (χ2n) is 13.5. The Kier molecular flexibility index (Phi) is 10.9. The minimum absolute atomic E-state index is 0.0359. The molecule has 3 aliphatic rings. The van der Waals surface area contributed by atoms with Gasteiger partial charge < -0.3 is 19.4 Å². The van der Waals surface area contributed by atoms with Crippen LogP contribution >= 0.6 is 0 Å². The van der Waals surface area contributed by atoms with Crippen LogP contribution in [0.4, 0.5) is 13.2 Å². The summed E-state index contributed by atoms with van der Waals surface area (Å²) in [5.41, 5.74) is 1.37. The van der Waals surface area contributed by atoms with Gasteiger partial charge >= 0.3 is 12.1 Å². The van der Waals surface area contributed by atoms with E-state index in [4.69, 9.17) is 4.74 Å². The summed E-state index contributed by atoms with van der Waals surface area (Å²) in [4.78, 5) is 46.9. The number of piperazine rings is 1. The van der Waals surface area contributed by atoms with Crippen LogP contribution in [0.25, 0.3) is 10.8 Å². The van der Waals surface area contributed by atoms with Crippen LogP contribution in [0.3, 0.4) is 0 Å². The molecule has 6 rings (SSSR count). The quantitative estimate of drug-likeness (QED) is 0.276. The van der Waals surface area contributed by atoms with Gasteiger partial charge in [-0.3, -0.25) is 19.3 Å². The number of ether oxygens (including phenoxy) is 1. The molecule has 2 amide bonds. The molecule has 0 unspecified atom stereocenters. The highest BCUT2D eigenvalue weighted by Crippen LogP contribution is 2.36. The standard InChI is InChI=1S/C38H45F3N4O4/c1-2-49-35(46)26-43-23-21-42(22-24-43)25-27-13-17-44(18-14-27)36(47)30-11-9-28(10-12-30)29-15-19-45(20-16-29)37(48)33-7-3-6-32-31(33)5-4-8-34(32)38(39,40)41/h3-12,27,29H,2,13-26H2,1H3. The number of fused-ring (bicyclic) bond motifs is 1. The van der Waals surface area contributed by atoms with E-state index < -0.39 is 11.7 Å². The van der Waals surface area contributed by atoms with Gasteiger partial charge in [-0.15, -0.1) is 0 Å². The van der Waals surface area contributed by atoms with Crippen molar-refractivity contribution in [2.45, 2.75) is 44.7 Å². The summed E-state index contributed by atoms with van der Waals surface area (Å²) in [7, 11) is 0. The predicted molar refractivity (Wildman–Crippen MR) is 181 cm³/mol. The van der Waals surface area contributed by atoms with E-state index in [1.165, 1.54) is 18.2 Å². The van der Waals surface area contributed by atoms with E-state index in [1.807, 2.05) is 36.1 Å². The van der Waals surface area contributed by atoms with E-state index in [2.05, 4.69) is 9.80 Å². The molecule has 3 saturated heterocycles. The van der Waals surface area contributed by atoms with Crippen LogP contribution in [-0.4, -0.2) is 109 Å². The highest BCUT2D eigenvalue weighted by molar-refractivity contribution is 6.07. The number of piperidine rings is 2. The Bertz CT molecular complexity index is 1620. The molecule has 3 heterocycles. The molecule has 0 bridgehead atoms. The van der Waals surface area contributed by atoms with Crippen LogP contribution in [0, 0.1) is 5.92 Å². The second kappa shape index (κ2) is 15.3. The number of amides is 2. The van der Waals surface area contributed by atoms with E-state index in [9.17, 15) is 27.6 Å². The molecule has 11 heteroatoms. The molecular formula is C38H45F3N4O4. The first-order chi connectivity index (χ1) is 23.6. The molecular weight excluding hydrogens is 633 g/mol. The molecule has 0 saturated carbocycles. The largest absolute Gasteiger partial charge is 0.465 e. The first-order valence-corrected chi connectivity index (χ1v) is 17.5. The van der Waals surface area contributed by atoms with Crippen molar-refractivity contribution < 1.29 is 32.3 Å². The van der Waals surface area contributed by atoms with Crippen LogP contribution < -0.4 is 0 Å². The fourth-order valence-electron chi connectivity index (χ4n) is 7.61. The Labute approximate surface area is 285 Å². The Morgan fingerprint density at radius 3 is 1.96 bits per heavy atom. The van der Waals surface area contributed by atoms with Crippen molar-refractivity contribution >= 4 is 28.6 Å². The zero-order valence-electron chi connectivity index (χ0n) is 28.1. The van der Waals surface area contributed by atoms with E-state index in [0.717, 1.165) is 83.1 Å². The van der Waals surface area contributed by atoms with Crippen molar-refractivity contribution in [1.29, 1.82) is 0 Å². The summed E-state index contributed by atoms with van der Waals surface area (Å²) in [6, 6.07) is 16.4. The molecule has 49 heavy (non-hydrogen) atoms. The molecule has 262 valence electrons. The van der Waals surface area contributed by atoms with Crippen molar-refractivity contribution in [3.05, 3.63) is 82.9 Å². The summed E-state index contributed by atoms with van der Waals surface area (Å²) >= 11 is 0. The third-order valence-corrected chi connectivity index (χ3v) is 10.4. The highest BCUT2D eigenvalue weighted by Gasteiger charge is 2.34. The molecule has 3 aromatic rings. The fourth-order valence-corrected chi connectivity index (χ4v) is 7.61. The van der Waals surface area contributed by atoms with Crippen LogP contribution in [0.1, 0.15) is 70.4 Å². The summed E-state index contributed by atoms with van der Waals surface area (Å²) in [6.07, 6.45) is -1.06. The lowest BCUT2D eigenvalue weighted by Crippen LogP contribution is -2.50. The molecule has 0 aliphatic carbocycles. The smallest absolute Gasteiger partial charge is 0.417 e. The predicted octanol–water partition coefficient (Wildman–Crippen LogP) is 5.91. The normalized spacial score (nSPS) is 18.9. The third-order valence-electron chi connectivity index (χ3n) is 10.4. The number of nitrogens with zero attached hydrogens (tertiary/aromatic N) is 4. The number of likely N-dealkylation sites (tertiary alicyclic amines) is 2. The van der Waals surface area contributed by atoms with Gasteiger partial charge in [-0.05, 0) is 85.0 Å². The maximum Gasteiger partial charge on any atom is 0.417 e. The van der Waals surface area contributed by atoms with Gasteiger partial charge in [0.25, 0.3) is 11.8 Å². The SMILES string of the molecule is CCOC(=O)CN1CCN(CC2CCN(C(=O)c3ccc(C4CCN(C(=O)c5cccc6c(C(F)(F)F)cccc56)CC4)cc3)CC2)CC1. The maximum atomic E-state index is 13.6. The first kappa shape index (κ1) is 34.9. The summed E-state index contributed by atoms with van der Waals surface area (Å²) in [6.45, 7) is 9.74. The lowest BCUT2D eigenvalue weighted by molar-refractivity contribution is -0.145. The summed E-state index contributed by atoms with van der Waals surface area (Å²) in [5, 5.41) is 0.352. The zero-order valence-corrected chi connectivity index (χ0v) is 28.1. The molecule has 0 radical (unpaired) electrons. The number of halogens is 3. The lowest BCUT2D eigenvalue weighted by Gasteiger charge is -2.38. The number of carbonyl (C=O) groups is 3. The average Bonchev–Trinajstić information content (AvgIpc) is 3.11. The van der Waals surface area contributed by atoms with Gasteiger partial charge in [0.1, 0.15) is 0 Å². The molecule has 0 aromatic heterocycles. The number of hydrogen-bond donors (Lipinski definition) is 0. The van der Waals surface area contributed by atoms with Gasteiger partial charge in [-0.25, -0.2) is 0 Å². The molecule has 0 N–H and O–H groups in total. The number of alkyl halides is 3. The van der Waals surface area contributed by atoms with Crippen molar-refractivity contribution in [1.82, 2.24) is 19.6 Å². The van der Waals surface area contributed by atoms with Gasteiger partial charge in [-0.1, -0.05) is 36.4 Å². The van der Waals surface area contributed by atoms with E-state index >= 15 is 0 Å². The van der Waals surface area contributed by atoms with Crippen molar-refractivity contribution in [3.8, 4) is 0 Å². The Morgan fingerprint density at radius 2 is 1.31 bits per heavy atom. The fraction of sp³-hybridized carbons (Fsp3) is 0.500. The Balaban J connectivity index is 0.961. The zero-order chi connectivity index (χ0) is 34.5. The first-order valence-electron chi connectivity index (χ1n) is 17.5. The third kappa shape index (κ3) is 8.27. The van der Waals surface area contributed by atoms with E-state index in [1.54, 1.807) is 17.0 Å². The Hall–Kier alpha value is -3.96. The van der Waals surface area contributed by atoms with E-state index in [0.29, 0.717) is 48.7 Å². The van der Waals surface area contributed by atoms with Crippen molar-refractivity contribution in [3.63, 3.8) is 0 Å².